The van der Waals surface area contributed by atoms with Crippen LogP contribution in [0.2, 0.25) is 0 Å². The van der Waals surface area contributed by atoms with Crippen LogP contribution in [0.25, 0.3) is 10.9 Å². The average Bonchev–Trinajstić information content (AvgIpc) is 2.96. The molecule has 0 fully saturated rings. The van der Waals surface area contributed by atoms with Crippen LogP contribution in [0, 0.1) is 0 Å². The first-order valence-electron chi connectivity index (χ1n) is 8.78. The second-order valence-electron chi connectivity index (χ2n) is 6.79. The molecule has 0 saturated heterocycles. The van der Waals surface area contributed by atoms with Gasteiger partial charge in [-0.05, 0) is 30.3 Å². The number of carbonyl (C=O) groups is 1. The lowest BCUT2D eigenvalue weighted by atomic mass is 9.91. The van der Waals surface area contributed by atoms with Gasteiger partial charge < -0.3 is 15.2 Å². The molecule has 0 bridgehead atoms. The van der Waals surface area contributed by atoms with Gasteiger partial charge in [0.2, 0.25) is 0 Å². The van der Waals surface area contributed by atoms with Crippen LogP contribution < -0.4 is 21.3 Å². The Balaban J connectivity index is 1.76. The first-order valence-corrected chi connectivity index (χ1v) is 8.78. The van der Waals surface area contributed by atoms with E-state index >= 15 is 0 Å². The number of ether oxygens (including phenoxy) is 1. The molecule has 2 aromatic carbocycles. The Morgan fingerprint density at radius 3 is 2.64 bits per heavy atom. The lowest BCUT2D eigenvalue weighted by Crippen LogP contribution is -2.42. The maximum Gasteiger partial charge on any atom is 0.331 e. The Kier molecular flexibility index (Phi) is 4.08. The van der Waals surface area contributed by atoms with E-state index in [2.05, 4.69) is 5.32 Å². The van der Waals surface area contributed by atoms with Gasteiger partial charge in [-0.1, -0.05) is 12.1 Å². The van der Waals surface area contributed by atoms with Crippen molar-refractivity contribution >= 4 is 22.5 Å². The van der Waals surface area contributed by atoms with Crippen LogP contribution >= 0.6 is 0 Å². The zero-order chi connectivity index (χ0) is 20.1. The van der Waals surface area contributed by atoms with E-state index in [1.165, 1.54) is 11.7 Å². The van der Waals surface area contributed by atoms with E-state index in [0.29, 0.717) is 27.9 Å². The van der Waals surface area contributed by atoms with Gasteiger partial charge in [-0.2, -0.15) is 0 Å². The molecule has 3 aromatic rings. The van der Waals surface area contributed by atoms with Crippen molar-refractivity contribution in [2.45, 2.75) is 18.6 Å². The number of carbonyl (C=O) groups excluding carboxylic acids is 1. The molecule has 8 nitrogen and oxygen atoms in total. The number of nitrogens with zero attached hydrogens (tertiary/aromatic N) is 2. The maximum atomic E-state index is 12.8. The summed E-state index contributed by atoms with van der Waals surface area (Å²) in [7, 11) is 3.07. The molecule has 0 unspecified atom stereocenters. The number of aromatic nitrogens is 2. The van der Waals surface area contributed by atoms with Crippen LogP contribution in [-0.4, -0.2) is 27.3 Å². The third-order valence-electron chi connectivity index (χ3n) is 5.25. The molecule has 4 rings (SSSR count). The van der Waals surface area contributed by atoms with Gasteiger partial charge in [0, 0.05) is 31.3 Å². The van der Waals surface area contributed by atoms with Crippen LogP contribution in [0.15, 0.2) is 52.1 Å². The van der Waals surface area contributed by atoms with Crippen molar-refractivity contribution < 1.29 is 14.6 Å². The third kappa shape index (κ3) is 2.53. The van der Waals surface area contributed by atoms with Gasteiger partial charge in [-0.25, -0.2) is 4.79 Å². The van der Waals surface area contributed by atoms with E-state index in [9.17, 15) is 19.5 Å². The van der Waals surface area contributed by atoms with Crippen molar-refractivity contribution in [1.29, 1.82) is 0 Å². The number of hydrogen-bond acceptors (Lipinski definition) is 5. The predicted molar refractivity (Wildman–Crippen MR) is 104 cm³/mol. The quantitative estimate of drug-likeness (QED) is 0.700. The summed E-state index contributed by atoms with van der Waals surface area (Å²) < 4.78 is 7.60. The number of para-hydroxylation sites is 1. The lowest BCUT2D eigenvalue weighted by Gasteiger charge is -2.21. The van der Waals surface area contributed by atoms with E-state index < -0.39 is 22.8 Å². The van der Waals surface area contributed by atoms with E-state index in [4.69, 9.17) is 4.74 Å². The number of aryl methyl sites for hydroxylation is 1. The van der Waals surface area contributed by atoms with Gasteiger partial charge in [-0.3, -0.25) is 18.7 Å². The first-order chi connectivity index (χ1) is 13.4. The van der Waals surface area contributed by atoms with Gasteiger partial charge in [0.15, 0.2) is 5.60 Å². The summed E-state index contributed by atoms with van der Waals surface area (Å²) in [6.45, 7) is -0.114. The summed E-state index contributed by atoms with van der Waals surface area (Å²) in [5.41, 5.74) is -1.45. The Morgan fingerprint density at radius 1 is 1.14 bits per heavy atom. The first kappa shape index (κ1) is 18.0. The number of methoxy groups -OCH3 is 1. The van der Waals surface area contributed by atoms with E-state index in [1.54, 1.807) is 49.5 Å². The summed E-state index contributed by atoms with van der Waals surface area (Å²) in [6, 6.07) is 11.7. The average molecular weight is 381 g/mol. The van der Waals surface area contributed by atoms with E-state index in [-0.39, 0.29) is 13.0 Å². The fourth-order valence-corrected chi connectivity index (χ4v) is 3.63. The minimum atomic E-state index is -1.86. The summed E-state index contributed by atoms with van der Waals surface area (Å²) in [4.78, 5) is 37.9. The van der Waals surface area contributed by atoms with E-state index in [1.807, 2.05) is 0 Å². The molecule has 1 atom stereocenters. The predicted octanol–water partition coefficient (Wildman–Crippen LogP) is 0.939. The minimum absolute atomic E-state index is 0.114. The molecule has 1 aliphatic heterocycles. The van der Waals surface area contributed by atoms with Gasteiger partial charge >= 0.3 is 5.69 Å². The van der Waals surface area contributed by atoms with Crippen LogP contribution in [-0.2, 0) is 24.0 Å². The van der Waals surface area contributed by atoms with Gasteiger partial charge in [0.1, 0.15) is 5.75 Å². The molecule has 0 radical (unpaired) electrons. The Morgan fingerprint density at radius 2 is 1.89 bits per heavy atom. The molecule has 1 aliphatic rings. The SMILES string of the molecule is COc1ccc2c(c1)[C@](O)(CCn1c(=O)c3ccccc3n(C)c1=O)C(=O)N2. The maximum absolute atomic E-state index is 12.8. The Hall–Kier alpha value is -3.39. The highest BCUT2D eigenvalue weighted by Gasteiger charge is 2.45. The van der Waals surface area contributed by atoms with Crippen molar-refractivity contribution in [3.8, 4) is 5.75 Å². The molecule has 1 amide bonds. The number of hydrogen-bond donors (Lipinski definition) is 2. The molecule has 8 heteroatoms. The Labute approximate surface area is 159 Å². The molecule has 0 aliphatic carbocycles. The molecule has 0 saturated carbocycles. The normalized spacial score (nSPS) is 18.2. The fourth-order valence-electron chi connectivity index (χ4n) is 3.63. The van der Waals surface area contributed by atoms with Crippen molar-refractivity contribution in [3.05, 3.63) is 68.9 Å². The van der Waals surface area contributed by atoms with Crippen molar-refractivity contribution in [2.75, 3.05) is 12.4 Å². The molecule has 28 heavy (non-hydrogen) atoms. The largest absolute Gasteiger partial charge is 0.497 e. The molecule has 2 N–H and O–H groups in total. The van der Waals surface area contributed by atoms with Crippen LogP contribution in [0.1, 0.15) is 12.0 Å². The minimum Gasteiger partial charge on any atom is -0.497 e. The molecular weight excluding hydrogens is 362 g/mol. The molecule has 1 aromatic heterocycles. The summed E-state index contributed by atoms with van der Waals surface area (Å²) in [5.74, 6) is -0.103. The number of benzene rings is 2. The lowest BCUT2D eigenvalue weighted by molar-refractivity contribution is -0.134. The second kappa shape index (κ2) is 6.35. The number of rotatable bonds is 4. The summed E-state index contributed by atoms with van der Waals surface area (Å²) in [5, 5.41) is 14.1. The molecule has 144 valence electrons. The standard InChI is InChI=1S/C20H19N3O5/c1-22-16-6-4-3-5-13(16)17(24)23(19(22)26)10-9-20(27)14-11-12(28-2)7-8-15(14)21-18(20)25/h3-8,11,27H,9-10H2,1-2H3,(H,21,25)/t20-/m1/s1. The summed E-state index contributed by atoms with van der Waals surface area (Å²) in [6.07, 6.45) is -0.132. The number of fused-ring (bicyclic) bond motifs is 2. The van der Waals surface area contributed by atoms with Crippen LogP contribution in [0.4, 0.5) is 5.69 Å². The van der Waals surface area contributed by atoms with E-state index in [0.717, 1.165) is 4.57 Å². The van der Waals surface area contributed by atoms with Crippen molar-refractivity contribution in [2.24, 2.45) is 7.05 Å². The molecule has 2 heterocycles. The molecular formula is C20H19N3O5. The topological polar surface area (TPSA) is 103 Å². The second-order valence-corrected chi connectivity index (χ2v) is 6.79. The number of amides is 1. The smallest absolute Gasteiger partial charge is 0.331 e. The van der Waals surface area contributed by atoms with Crippen molar-refractivity contribution in [3.63, 3.8) is 0 Å². The van der Waals surface area contributed by atoms with Crippen LogP contribution in [0.5, 0.6) is 5.75 Å². The highest BCUT2D eigenvalue weighted by Crippen LogP contribution is 2.40. The summed E-state index contributed by atoms with van der Waals surface area (Å²) >= 11 is 0. The number of anilines is 1. The molecule has 0 spiro atoms. The number of nitrogens with one attached hydrogen (secondary N) is 1. The fraction of sp³-hybridized carbons (Fsp3) is 0.250. The highest BCUT2D eigenvalue weighted by molar-refractivity contribution is 6.05. The zero-order valence-electron chi connectivity index (χ0n) is 15.4. The third-order valence-corrected chi connectivity index (χ3v) is 5.25. The van der Waals surface area contributed by atoms with Gasteiger partial charge in [-0.15, -0.1) is 0 Å². The Bertz CT molecular complexity index is 1230. The van der Waals surface area contributed by atoms with Gasteiger partial charge in [0.25, 0.3) is 11.5 Å². The monoisotopic (exact) mass is 381 g/mol. The zero-order valence-corrected chi connectivity index (χ0v) is 15.4. The van der Waals surface area contributed by atoms with Crippen LogP contribution in [0.3, 0.4) is 0 Å². The van der Waals surface area contributed by atoms with Gasteiger partial charge in [0.05, 0.1) is 18.0 Å². The van der Waals surface area contributed by atoms with Crippen molar-refractivity contribution in [1.82, 2.24) is 9.13 Å². The number of aliphatic hydroxyl groups is 1. The highest BCUT2D eigenvalue weighted by atomic mass is 16.5.